The van der Waals surface area contributed by atoms with Gasteiger partial charge in [0, 0.05) is 7.11 Å². The molecule has 120 valence electrons. The van der Waals surface area contributed by atoms with Crippen LogP contribution in [0, 0.1) is 0 Å². The Labute approximate surface area is 134 Å². The maximum Gasteiger partial charge on any atom is 0.240 e. The van der Waals surface area contributed by atoms with Crippen LogP contribution in [0.1, 0.15) is 33.3 Å². The van der Waals surface area contributed by atoms with Crippen LogP contribution in [0.4, 0.5) is 5.69 Å². The normalized spacial score (nSPS) is 7.68. The van der Waals surface area contributed by atoms with Crippen molar-refractivity contribution in [3.63, 3.8) is 0 Å². The monoisotopic (exact) mass is 301 g/mol. The zero-order valence-electron chi connectivity index (χ0n) is 14.2. The number of aliphatic imine (C=N–C) groups is 1. The number of nitrogens with zero attached hydrogens (tertiary/aromatic N) is 1. The number of ether oxygens (including phenoxy) is 1. The van der Waals surface area contributed by atoms with Crippen LogP contribution in [0.25, 0.3) is 0 Å². The Kier molecular flexibility index (Phi) is 18.8. The number of hydrogen-bond acceptors (Lipinski definition) is 3. The molecule has 0 saturated carbocycles. The lowest BCUT2D eigenvalue weighted by Gasteiger charge is -1.95. The average Bonchev–Trinajstić information content (AvgIpc) is 2.62. The van der Waals surface area contributed by atoms with Crippen molar-refractivity contribution < 1.29 is 9.53 Å². The standard InChI is InChI=1S/C8H10O.C7H5NO.2C2H6/c1-9-7-8-5-3-2-4-6-8;9-6-8-7-4-2-1-3-5-7;2*1-2/h2-6H,7H2,1H3;1-5H;2*1-2H3. The lowest BCUT2D eigenvalue weighted by atomic mass is 10.2. The second-order valence-electron chi connectivity index (χ2n) is 3.46. The van der Waals surface area contributed by atoms with Crippen molar-refractivity contribution >= 4 is 11.8 Å². The van der Waals surface area contributed by atoms with E-state index in [4.69, 9.17) is 4.74 Å². The molecule has 0 saturated heterocycles. The molecule has 0 atom stereocenters. The Morgan fingerprint density at radius 3 is 1.73 bits per heavy atom. The van der Waals surface area contributed by atoms with Crippen molar-refractivity contribution in [3.05, 3.63) is 66.2 Å². The zero-order valence-corrected chi connectivity index (χ0v) is 14.2. The van der Waals surface area contributed by atoms with Crippen LogP contribution in [-0.4, -0.2) is 13.2 Å². The third-order valence-corrected chi connectivity index (χ3v) is 2.08. The van der Waals surface area contributed by atoms with Crippen molar-refractivity contribution in [2.75, 3.05) is 7.11 Å². The molecule has 0 radical (unpaired) electrons. The summed E-state index contributed by atoms with van der Waals surface area (Å²) in [6, 6.07) is 19.1. The lowest BCUT2D eigenvalue weighted by molar-refractivity contribution is 0.185. The molecule has 2 rings (SSSR count). The second kappa shape index (κ2) is 18.8. The van der Waals surface area contributed by atoms with E-state index in [0.29, 0.717) is 12.3 Å². The summed E-state index contributed by atoms with van der Waals surface area (Å²) >= 11 is 0. The van der Waals surface area contributed by atoms with Gasteiger partial charge >= 0.3 is 0 Å². The Morgan fingerprint density at radius 2 is 1.32 bits per heavy atom. The van der Waals surface area contributed by atoms with Crippen molar-refractivity contribution in [1.82, 2.24) is 0 Å². The average molecular weight is 301 g/mol. The zero-order chi connectivity index (χ0) is 17.1. The number of para-hydroxylation sites is 1. The van der Waals surface area contributed by atoms with Gasteiger partial charge in [-0.3, -0.25) is 0 Å². The summed E-state index contributed by atoms with van der Waals surface area (Å²) in [6.07, 6.45) is 1.46. The number of rotatable bonds is 3. The molecule has 0 bridgehead atoms. The summed E-state index contributed by atoms with van der Waals surface area (Å²) in [6.45, 7) is 8.71. The summed E-state index contributed by atoms with van der Waals surface area (Å²) < 4.78 is 4.93. The minimum Gasteiger partial charge on any atom is -0.380 e. The summed E-state index contributed by atoms with van der Waals surface area (Å²) in [4.78, 5) is 13.1. The van der Waals surface area contributed by atoms with Gasteiger partial charge in [0.2, 0.25) is 6.08 Å². The van der Waals surface area contributed by atoms with Crippen LogP contribution < -0.4 is 0 Å². The van der Waals surface area contributed by atoms with Crippen LogP contribution >= 0.6 is 0 Å². The predicted molar refractivity (Wildman–Crippen MR) is 94.1 cm³/mol. The molecule has 0 amide bonds. The molecule has 2 aromatic carbocycles. The van der Waals surface area contributed by atoms with Gasteiger partial charge in [-0.1, -0.05) is 76.2 Å². The first-order valence-electron chi connectivity index (χ1n) is 7.52. The number of methoxy groups -OCH3 is 1. The van der Waals surface area contributed by atoms with E-state index in [0.717, 1.165) is 0 Å². The lowest BCUT2D eigenvalue weighted by Crippen LogP contribution is -1.84. The van der Waals surface area contributed by atoms with Crippen LogP contribution in [0.3, 0.4) is 0 Å². The summed E-state index contributed by atoms with van der Waals surface area (Å²) in [5.41, 5.74) is 1.87. The fraction of sp³-hybridized carbons (Fsp3) is 0.316. The predicted octanol–water partition coefficient (Wildman–Crippen LogP) is 5.54. The quantitative estimate of drug-likeness (QED) is 0.551. The molecule has 0 heterocycles. The largest absolute Gasteiger partial charge is 0.380 e. The maximum atomic E-state index is 9.68. The highest BCUT2D eigenvalue weighted by molar-refractivity contribution is 5.47. The van der Waals surface area contributed by atoms with E-state index >= 15 is 0 Å². The van der Waals surface area contributed by atoms with E-state index in [1.165, 1.54) is 11.6 Å². The molecular formula is C19H27NO2. The van der Waals surface area contributed by atoms with Gasteiger partial charge in [-0.05, 0) is 17.7 Å². The van der Waals surface area contributed by atoms with Gasteiger partial charge in [-0.15, -0.1) is 0 Å². The minimum atomic E-state index is 0.646. The Morgan fingerprint density at radius 1 is 0.864 bits per heavy atom. The highest BCUT2D eigenvalue weighted by Crippen LogP contribution is 2.07. The summed E-state index contributed by atoms with van der Waals surface area (Å²) in [7, 11) is 1.70. The molecule has 0 unspecified atom stereocenters. The molecule has 2 aromatic rings. The number of isocyanates is 1. The van der Waals surface area contributed by atoms with E-state index in [9.17, 15) is 4.79 Å². The first-order chi connectivity index (χ1) is 10.9. The van der Waals surface area contributed by atoms with Crippen molar-refractivity contribution in [1.29, 1.82) is 0 Å². The van der Waals surface area contributed by atoms with E-state index < -0.39 is 0 Å². The fourth-order valence-electron chi connectivity index (χ4n) is 1.30. The molecule has 0 N–H and O–H groups in total. The number of hydrogen-bond donors (Lipinski definition) is 0. The molecule has 0 spiro atoms. The van der Waals surface area contributed by atoms with Gasteiger partial charge in [-0.2, -0.15) is 4.99 Å². The molecule has 3 nitrogen and oxygen atoms in total. The molecule has 0 aromatic heterocycles. The summed E-state index contributed by atoms with van der Waals surface area (Å²) in [5, 5.41) is 0. The van der Waals surface area contributed by atoms with Crippen molar-refractivity contribution in [3.8, 4) is 0 Å². The van der Waals surface area contributed by atoms with Gasteiger partial charge in [0.15, 0.2) is 0 Å². The number of carbonyl (C=O) groups excluding carboxylic acids is 1. The van der Waals surface area contributed by atoms with Gasteiger partial charge < -0.3 is 4.74 Å². The van der Waals surface area contributed by atoms with Gasteiger partial charge in [0.05, 0.1) is 12.3 Å². The maximum absolute atomic E-state index is 9.68. The molecule has 0 aliphatic carbocycles. The molecule has 0 aliphatic heterocycles. The van der Waals surface area contributed by atoms with E-state index in [2.05, 4.69) is 4.99 Å². The highest BCUT2D eigenvalue weighted by Gasteiger charge is 1.84. The smallest absolute Gasteiger partial charge is 0.240 e. The van der Waals surface area contributed by atoms with Gasteiger partial charge in [-0.25, -0.2) is 4.79 Å². The second-order valence-corrected chi connectivity index (χ2v) is 3.46. The van der Waals surface area contributed by atoms with Gasteiger partial charge in [0.25, 0.3) is 0 Å². The molecule has 22 heavy (non-hydrogen) atoms. The Hall–Kier alpha value is -2.22. The first kappa shape index (κ1) is 22.1. The van der Waals surface area contributed by atoms with E-state index in [1.807, 2.05) is 76.2 Å². The van der Waals surface area contributed by atoms with Crippen molar-refractivity contribution in [2.45, 2.75) is 34.3 Å². The third-order valence-electron chi connectivity index (χ3n) is 2.08. The van der Waals surface area contributed by atoms with Gasteiger partial charge in [0.1, 0.15) is 0 Å². The Bertz CT molecular complexity index is 477. The molecular weight excluding hydrogens is 274 g/mol. The molecule has 0 fully saturated rings. The molecule has 3 heteroatoms. The fourth-order valence-corrected chi connectivity index (χ4v) is 1.30. The topological polar surface area (TPSA) is 38.7 Å². The Balaban J connectivity index is 0. The third kappa shape index (κ3) is 12.8. The van der Waals surface area contributed by atoms with Crippen LogP contribution in [-0.2, 0) is 16.1 Å². The van der Waals surface area contributed by atoms with Crippen molar-refractivity contribution in [2.24, 2.45) is 4.99 Å². The highest BCUT2D eigenvalue weighted by atomic mass is 16.5. The van der Waals surface area contributed by atoms with Crippen LogP contribution in [0.2, 0.25) is 0 Å². The van der Waals surface area contributed by atoms with E-state index in [1.54, 1.807) is 19.2 Å². The summed E-state index contributed by atoms with van der Waals surface area (Å²) in [5.74, 6) is 0. The van der Waals surface area contributed by atoms with E-state index in [-0.39, 0.29) is 0 Å². The molecule has 0 aliphatic rings. The number of benzene rings is 2. The minimum absolute atomic E-state index is 0.646. The SMILES string of the molecule is CC.CC.COCc1ccccc1.O=C=Nc1ccccc1. The first-order valence-corrected chi connectivity index (χ1v) is 7.52. The van der Waals surface area contributed by atoms with Crippen LogP contribution in [0.15, 0.2) is 65.7 Å². The van der Waals surface area contributed by atoms with Crippen LogP contribution in [0.5, 0.6) is 0 Å².